The second-order valence-electron chi connectivity index (χ2n) is 7.37. The van der Waals surface area contributed by atoms with Gasteiger partial charge in [-0.05, 0) is 49.4 Å². The molecule has 0 aromatic heterocycles. The van der Waals surface area contributed by atoms with Crippen LogP contribution in [0.5, 0.6) is 0 Å². The number of benzene rings is 2. The Morgan fingerprint density at radius 1 is 1.13 bits per heavy atom. The number of nitrogens with one attached hydrogen (secondary N) is 1. The summed E-state index contributed by atoms with van der Waals surface area (Å²) in [4.78, 5) is 12.8. The highest BCUT2D eigenvalue weighted by atomic mass is 35.5. The highest BCUT2D eigenvalue weighted by molar-refractivity contribution is 6.31. The number of rotatable bonds is 4. The van der Waals surface area contributed by atoms with Crippen LogP contribution in [0, 0.1) is 5.82 Å². The molecule has 3 nitrogen and oxygen atoms in total. The molecule has 1 atom stereocenters. The van der Waals surface area contributed by atoms with Gasteiger partial charge in [0, 0.05) is 0 Å². The average Bonchev–Trinajstić information content (AvgIpc) is 2.70. The van der Waals surface area contributed by atoms with Gasteiger partial charge in [0.2, 0.25) is 0 Å². The molecule has 1 aliphatic carbocycles. The standard InChI is InChI=1S/C21H19ClF5NO2/c22-17-14(5-3-7-16(17)24)18(20(30)10-8-12(23)9-11-20)28-19(29)13-4-1-2-6-15(13)21(25,26)27/h1-7,12,18,30H,8-11H2,(H,28,29)/t12-,18?,20-. The number of hydrogen-bond donors (Lipinski definition) is 2. The molecule has 2 aromatic rings. The number of halogens is 6. The van der Waals surface area contributed by atoms with Crippen LogP contribution in [0.15, 0.2) is 42.5 Å². The van der Waals surface area contributed by atoms with Crippen molar-refractivity contribution in [3.63, 3.8) is 0 Å². The van der Waals surface area contributed by atoms with Gasteiger partial charge in [0.1, 0.15) is 12.0 Å². The molecule has 2 N–H and O–H groups in total. The second kappa shape index (κ2) is 8.51. The lowest BCUT2D eigenvalue weighted by Gasteiger charge is -2.41. The van der Waals surface area contributed by atoms with Crippen molar-refractivity contribution in [2.24, 2.45) is 0 Å². The Morgan fingerprint density at radius 3 is 2.40 bits per heavy atom. The van der Waals surface area contributed by atoms with Gasteiger partial charge in [0.15, 0.2) is 0 Å². The Morgan fingerprint density at radius 2 is 1.77 bits per heavy atom. The van der Waals surface area contributed by atoms with Gasteiger partial charge in [-0.2, -0.15) is 13.2 Å². The molecule has 0 bridgehead atoms. The fraction of sp³-hybridized carbons (Fsp3) is 0.381. The van der Waals surface area contributed by atoms with E-state index < -0.39 is 46.8 Å². The summed E-state index contributed by atoms with van der Waals surface area (Å²) >= 11 is 6.04. The highest BCUT2D eigenvalue weighted by Gasteiger charge is 2.44. The van der Waals surface area contributed by atoms with Crippen LogP contribution in [0.3, 0.4) is 0 Å². The lowest BCUT2D eigenvalue weighted by molar-refractivity contribution is -0.138. The number of amides is 1. The van der Waals surface area contributed by atoms with Gasteiger partial charge in [-0.15, -0.1) is 0 Å². The van der Waals surface area contributed by atoms with Gasteiger partial charge in [-0.25, -0.2) is 8.78 Å². The van der Waals surface area contributed by atoms with E-state index in [0.29, 0.717) is 0 Å². The second-order valence-corrected chi connectivity index (χ2v) is 7.75. The van der Waals surface area contributed by atoms with E-state index in [1.807, 2.05) is 0 Å². The van der Waals surface area contributed by atoms with E-state index in [0.717, 1.165) is 24.3 Å². The molecule has 9 heteroatoms. The quantitative estimate of drug-likeness (QED) is 0.598. The first-order valence-corrected chi connectivity index (χ1v) is 9.68. The minimum absolute atomic E-state index is 0.00502. The SMILES string of the molecule is O=C(NC(c1cccc(F)c1Cl)[C@]1(O)CC[C@H](F)CC1)c1ccccc1C(F)(F)F. The van der Waals surface area contributed by atoms with E-state index >= 15 is 0 Å². The molecule has 0 saturated heterocycles. The summed E-state index contributed by atoms with van der Waals surface area (Å²) in [6.07, 6.45) is -6.08. The summed E-state index contributed by atoms with van der Waals surface area (Å²) < 4.78 is 67.6. The van der Waals surface area contributed by atoms with Crippen LogP contribution in [0.25, 0.3) is 0 Å². The van der Waals surface area contributed by atoms with Gasteiger partial charge in [0.05, 0.1) is 27.8 Å². The molecular weight excluding hydrogens is 429 g/mol. The maximum absolute atomic E-state index is 14.0. The molecule has 0 spiro atoms. The molecule has 2 aromatic carbocycles. The van der Waals surface area contributed by atoms with E-state index in [1.165, 1.54) is 18.2 Å². The van der Waals surface area contributed by atoms with E-state index in [-0.39, 0.29) is 36.3 Å². The maximum atomic E-state index is 14.0. The first kappa shape index (κ1) is 22.5. The molecule has 1 fully saturated rings. The maximum Gasteiger partial charge on any atom is 0.417 e. The predicted molar refractivity (Wildman–Crippen MR) is 101 cm³/mol. The molecule has 3 rings (SSSR count). The summed E-state index contributed by atoms with van der Waals surface area (Å²) in [5.41, 5.74) is -3.49. The minimum atomic E-state index is -4.77. The topological polar surface area (TPSA) is 49.3 Å². The van der Waals surface area contributed by atoms with Crippen molar-refractivity contribution in [3.8, 4) is 0 Å². The van der Waals surface area contributed by atoms with Crippen LogP contribution >= 0.6 is 11.6 Å². The van der Waals surface area contributed by atoms with Crippen molar-refractivity contribution in [2.45, 2.75) is 49.7 Å². The van der Waals surface area contributed by atoms with Crippen LogP contribution in [0.1, 0.15) is 53.2 Å². The van der Waals surface area contributed by atoms with Crippen LogP contribution < -0.4 is 5.32 Å². The molecular formula is C21H19ClF5NO2. The lowest BCUT2D eigenvalue weighted by Crippen LogP contribution is -2.49. The molecule has 1 saturated carbocycles. The molecule has 0 aliphatic heterocycles. The number of carbonyl (C=O) groups is 1. The van der Waals surface area contributed by atoms with E-state index in [2.05, 4.69) is 5.32 Å². The zero-order chi connectivity index (χ0) is 22.1. The first-order chi connectivity index (χ1) is 14.0. The first-order valence-electron chi connectivity index (χ1n) is 9.30. The Kier molecular flexibility index (Phi) is 6.38. The fourth-order valence-corrected chi connectivity index (χ4v) is 3.99. The number of aliphatic hydroxyl groups is 1. The van der Waals surface area contributed by atoms with E-state index in [4.69, 9.17) is 11.6 Å². The van der Waals surface area contributed by atoms with Crippen molar-refractivity contribution in [3.05, 3.63) is 70.0 Å². The third-order valence-corrected chi connectivity index (χ3v) is 5.76. The smallest absolute Gasteiger partial charge is 0.387 e. The molecule has 1 aliphatic rings. The lowest BCUT2D eigenvalue weighted by atomic mass is 9.76. The Bertz CT molecular complexity index is 926. The summed E-state index contributed by atoms with van der Waals surface area (Å²) in [6.45, 7) is 0. The monoisotopic (exact) mass is 447 g/mol. The van der Waals surface area contributed by atoms with E-state index in [1.54, 1.807) is 0 Å². The highest BCUT2D eigenvalue weighted by Crippen LogP contribution is 2.42. The molecule has 0 heterocycles. The van der Waals surface area contributed by atoms with Crippen LogP contribution in [0.4, 0.5) is 22.0 Å². The summed E-state index contributed by atoms with van der Waals surface area (Å²) in [7, 11) is 0. The van der Waals surface area contributed by atoms with Gasteiger partial charge in [-0.3, -0.25) is 4.79 Å². The van der Waals surface area contributed by atoms with Gasteiger partial charge in [0.25, 0.3) is 5.91 Å². The fourth-order valence-electron chi connectivity index (χ4n) is 3.75. The third-order valence-electron chi connectivity index (χ3n) is 5.36. The summed E-state index contributed by atoms with van der Waals surface area (Å²) in [5, 5.41) is 13.2. The van der Waals surface area contributed by atoms with Crippen LogP contribution in [0.2, 0.25) is 5.02 Å². The Balaban J connectivity index is 2.02. The van der Waals surface area contributed by atoms with Crippen molar-refractivity contribution in [2.75, 3.05) is 0 Å². The Hall–Kier alpha value is -2.19. The molecule has 162 valence electrons. The zero-order valence-corrected chi connectivity index (χ0v) is 16.4. The van der Waals surface area contributed by atoms with E-state index in [9.17, 15) is 31.9 Å². The van der Waals surface area contributed by atoms with Gasteiger partial charge < -0.3 is 10.4 Å². The number of hydrogen-bond acceptors (Lipinski definition) is 2. The van der Waals surface area contributed by atoms with Crippen LogP contribution in [-0.4, -0.2) is 22.8 Å². The van der Waals surface area contributed by atoms with Crippen molar-refractivity contribution in [1.82, 2.24) is 5.32 Å². The normalized spacial score (nSPS) is 23.1. The van der Waals surface area contributed by atoms with Gasteiger partial charge >= 0.3 is 6.18 Å². The van der Waals surface area contributed by atoms with Gasteiger partial charge in [-0.1, -0.05) is 35.9 Å². The number of alkyl halides is 4. The largest absolute Gasteiger partial charge is 0.417 e. The average molecular weight is 448 g/mol. The predicted octanol–water partition coefficient (Wildman–Crippen LogP) is 5.61. The van der Waals surface area contributed by atoms with Crippen molar-refractivity contribution in [1.29, 1.82) is 0 Å². The third kappa shape index (κ3) is 4.59. The summed E-state index contributed by atoms with van der Waals surface area (Å²) in [5.74, 6) is -1.92. The molecule has 0 radical (unpaired) electrons. The zero-order valence-electron chi connectivity index (χ0n) is 15.6. The molecule has 30 heavy (non-hydrogen) atoms. The molecule has 1 unspecified atom stereocenters. The number of carbonyl (C=O) groups excluding carboxylic acids is 1. The summed E-state index contributed by atoms with van der Waals surface area (Å²) in [6, 6.07) is 6.62. The van der Waals surface area contributed by atoms with Crippen molar-refractivity contribution < 1.29 is 31.9 Å². The Labute approximate surface area is 174 Å². The molecule has 1 amide bonds. The minimum Gasteiger partial charge on any atom is -0.387 e. The van der Waals surface area contributed by atoms with Crippen molar-refractivity contribution >= 4 is 17.5 Å². The van der Waals surface area contributed by atoms with Crippen LogP contribution in [-0.2, 0) is 6.18 Å².